The molecule has 1 fully saturated rings. The van der Waals surface area contributed by atoms with Crippen molar-refractivity contribution in [2.24, 2.45) is 0 Å². The number of rotatable bonds is 4. The molecule has 1 unspecified atom stereocenters. The summed E-state index contributed by atoms with van der Waals surface area (Å²) < 4.78 is 32.4. The molecule has 1 amide bonds. The molecule has 24 heavy (non-hydrogen) atoms. The van der Waals surface area contributed by atoms with Crippen LogP contribution < -0.4 is 5.32 Å². The Hall–Kier alpha value is -1.48. The molecule has 8 heteroatoms. The molecule has 1 aromatic rings. The lowest BCUT2D eigenvalue weighted by atomic mass is 9.90. The molecule has 2 aliphatic heterocycles. The minimum atomic E-state index is -3.71. The van der Waals surface area contributed by atoms with E-state index in [-0.39, 0.29) is 23.8 Å². The normalized spacial score (nSPS) is 24.6. The average molecular weight is 354 g/mol. The van der Waals surface area contributed by atoms with Gasteiger partial charge in [-0.15, -0.1) is 0 Å². The number of piperidine rings is 1. The predicted octanol–water partition coefficient (Wildman–Crippen LogP) is 0.369. The van der Waals surface area contributed by atoms with E-state index in [2.05, 4.69) is 5.32 Å². The zero-order valence-corrected chi connectivity index (χ0v) is 14.4. The summed E-state index contributed by atoms with van der Waals surface area (Å²) in [5.74, 6) is -0.300. The van der Waals surface area contributed by atoms with Crippen molar-refractivity contribution in [3.63, 3.8) is 0 Å². The van der Waals surface area contributed by atoms with Gasteiger partial charge in [-0.2, -0.15) is 4.31 Å². The number of amides is 1. The molecule has 2 heterocycles. The molecule has 0 spiro atoms. The van der Waals surface area contributed by atoms with E-state index in [9.17, 15) is 18.3 Å². The number of nitrogens with zero attached hydrogens (tertiary/aromatic N) is 1. The van der Waals surface area contributed by atoms with Crippen molar-refractivity contribution in [1.82, 2.24) is 9.62 Å². The maximum absolute atomic E-state index is 12.9. The van der Waals surface area contributed by atoms with E-state index < -0.39 is 15.6 Å². The number of carbonyl (C=O) groups excluding carboxylic acids is 1. The highest BCUT2D eigenvalue weighted by molar-refractivity contribution is 7.89. The summed E-state index contributed by atoms with van der Waals surface area (Å²) in [6.45, 7) is 1.19. The van der Waals surface area contributed by atoms with Crippen LogP contribution in [-0.4, -0.2) is 49.5 Å². The Morgan fingerprint density at radius 1 is 1.38 bits per heavy atom. The number of β-amino-alcohol motifs (C(OH)–C–C–N with tert-alkyl or cyclic N) is 1. The highest BCUT2D eigenvalue weighted by Gasteiger charge is 2.40. The van der Waals surface area contributed by atoms with E-state index in [1.54, 1.807) is 18.2 Å². The van der Waals surface area contributed by atoms with Gasteiger partial charge < -0.3 is 15.2 Å². The van der Waals surface area contributed by atoms with Gasteiger partial charge in [0.05, 0.1) is 30.1 Å². The summed E-state index contributed by atoms with van der Waals surface area (Å²) in [6.07, 6.45) is 0.818. The quantitative estimate of drug-likeness (QED) is 0.814. The third-order valence-electron chi connectivity index (χ3n) is 4.62. The maximum Gasteiger partial charge on any atom is 0.243 e. The molecular formula is C16H22N2O5S. The van der Waals surface area contributed by atoms with Crippen LogP contribution in [0.5, 0.6) is 0 Å². The largest absolute Gasteiger partial charge is 0.388 e. The van der Waals surface area contributed by atoms with Gasteiger partial charge in [0.25, 0.3) is 0 Å². The van der Waals surface area contributed by atoms with Crippen molar-refractivity contribution in [1.29, 1.82) is 0 Å². The fourth-order valence-corrected chi connectivity index (χ4v) is 4.87. The smallest absolute Gasteiger partial charge is 0.243 e. The number of hydrogen-bond donors (Lipinski definition) is 2. The van der Waals surface area contributed by atoms with Crippen molar-refractivity contribution in [3.05, 3.63) is 29.3 Å². The molecule has 1 saturated heterocycles. The summed E-state index contributed by atoms with van der Waals surface area (Å²) in [5.41, 5.74) is 0.558. The first-order chi connectivity index (χ1) is 11.3. The number of carbonyl (C=O) groups is 1. The van der Waals surface area contributed by atoms with Crippen LogP contribution in [0.3, 0.4) is 0 Å². The molecule has 0 aliphatic carbocycles. The third-order valence-corrected chi connectivity index (χ3v) is 6.46. The fraction of sp³-hybridized carbons (Fsp3) is 0.562. The van der Waals surface area contributed by atoms with Crippen LogP contribution in [0.4, 0.5) is 0 Å². The molecule has 7 nitrogen and oxygen atoms in total. The van der Waals surface area contributed by atoms with E-state index in [4.69, 9.17) is 4.74 Å². The molecule has 0 bridgehead atoms. The van der Waals surface area contributed by atoms with E-state index in [0.29, 0.717) is 32.6 Å². The maximum atomic E-state index is 12.9. The van der Waals surface area contributed by atoms with Crippen LogP contribution in [0.25, 0.3) is 0 Å². The Morgan fingerprint density at radius 3 is 2.88 bits per heavy atom. The summed E-state index contributed by atoms with van der Waals surface area (Å²) in [6, 6.07) is 5.00. The van der Waals surface area contributed by atoms with E-state index in [1.165, 1.54) is 11.4 Å². The lowest BCUT2D eigenvalue weighted by molar-refractivity contribution is -0.127. The highest BCUT2D eigenvalue weighted by Crippen LogP contribution is 2.30. The Bertz CT molecular complexity index is 749. The van der Waals surface area contributed by atoms with Crippen molar-refractivity contribution < 1.29 is 23.1 Å². The first kappa shape index (κ1) is 17.3. The van der Waals surface area contributed by atoms with Gasteiger partial charge in [-0.1, -0.05) is 6.07 Å². The minimum Gasteiger partial charge on any atom is -0.388 e. The van der Waals surface area contributed by atoms with Crippen LogP contribution >= 0.6 is 0 Å². The number of sulfonamides is 1. The zero-order valence-electron chi connectivity index (χ0n) is 13.6. The molecule has 1 aromatic carbocycles. The van der Waals surface area contributed by atoms with Crippen LogP contribution in [0.1, 0.15) is 30.4 Å². The molecule has 0 radical (unpaired) electrons. The molecule has 0 saturated carbocycles. The minimum absolute atomic E-state index is 0.0731. The standard InChI is InChI=1S/C16H22N2O5S/c1-17-15(19)8-16(20)5-2-6-18(11-16)24(21,22)14-4-3-12-9-23-10-13(12)7-14/h3-4,7,20H,2,5-6,8-11H2,1H3,(H,17,19). The van der Waals surface area contributed by atoms with Gasteiger partial charge in [-0.3, -0.25) is 4.79 Å². The van der Waals surface area contributed by atoms with Gasteiger partial charge in [0.15, 0.2) is 0 Å². The monoisotopic (exact) mass is 354 g/mol. The SMILES string of the molecule is CNC(=O)CC1(O)CCCN(S(=O)(=O)c2ccc3c(c2)COC3)C1. The van der Waals surface area contributed by atoms with Crippen molar-refractivity contribution >= 4 is 15.9 Å². The molecule has 1 atom stereocenters. The van der Waals surface area contributed by atoms with Crippen LogP contribution in [0.15, 0.2) is 23.1 Å². The van der Waals surface area contributed by atoms with Gasteiger partial charge in [-0.05, 0) is 36.1 Å². The number of ether oxygens (including phenoxy) is 1. The second kappa shape index (κ2) is 6.44. The molecule has 132 valence electrons. The molecule has 3 rings (SSSR count). The average Bonchev–Trinajstić information content (AvgIpc) is 3.01. The van der Waals surface area contributed by atoms with Crippen molar-refractivity contribution in [3.8, 4) is 0 Å². The van der Waals surface area contributed by atoms with Crippen molar-refractivity contribution in [2.75, 3.05) is 20.1 Å². The number of benzene rings is 1. The Kier molecular flexibility index (Phi) is 4.65. The first-order valence-corrected chi connectivity index (χ1v) is 9.41. The van der Waals surface area contributed by atoms with Gasteiger partial charge in [0, 0.05) is 20.1 Å². The summed E-state index contributed by atoms with van der Waals surface area (Å²) in [4.78, 5) is 11.8. The van der Waals surface area contributed by atoms with Crippen LogP contribution in [-0.2, 0) is 32.8 Å². The zero-order chi connectivity index (χ0) is 17.4. The van der Waals surface area contributed by atoms with E-state index >= 15 is 0 Å². The second-order valence-corrected chi connectivity index (χ2v) is 8.38. The predicted molar refractivity (Wildman–Crippen MR) is 86.6 cm³/mol. The van der Waals surface area contributed by atoms with Gasteiger partial charge in [0.2, 0.25) is 15.9 Å². The topological polar surface area (TPSA) is 95.9 Å². The highest BCUT2D eigenvalue weighted by atomic mass is 32.2. The fourth-order valence-electron chi connectivity index (χ4n) is 3.27. The lowest BCUT2D eigenvalue weighted by Gasteiger charge is -2.38. The van der Waals surface area contributed by atoms with Gasteiger partial charge >= 0.3 is 0 Å². The number of hydrogen-bond acceptors (Lipinski definition) is 5. The molecule has 2 aliphatic rings. The third kappa shape index (κ3) is 3.32. The Labute approximate surface area is 141 Å². The van der Waals surface area contributed by atoms with E-state index in [0.717, 1.165) is 11.1 Å². The Morgan fingerprint density at radius 2 is 2.12 bits per heavy atom. The molecule has 2 N–H and O–H groups in total. The van der Waals surface area contributed by atoms with Gasteiger partial charge in [0.1, 0.15) is 0 Å². The summed E-state index contributed by atoms with van der Waals surface area (Å²) in [7, 11) is -2.22. The van der Waals surface area contributed by atoms with Crippen LogP contribution in [0.2, 0.25) is 0 Å². The molecule has 0 aromatic heterocycles. The Balaban J connectivity index is 1.83. The summed E-state index contributed by atoms with van der Waals surface area (Å²) >= 11 is 0. The van der Waals surface area contributed by atoms with E-state index in [1.807, 2.05) is 0 Å². The first-order valence-electron chi connectivity index (χ1n) is 7.97. The number of nitrogens with one attached hydrogen (secondary N) is 1. The number of fused-ring (bicyclic) bond motifs is 1. The lowest BCUT2D eigenvalue weighted by Crippen LogP contribution is -2.52. The van der Waals surface area contributed by atoms with Gasteiger partial charge in [-0.25, -0.2) is 8.42 Å². The second-order valence-electron chi connectivity index (χ2n) is 6.44. The summed E-state index contributed by atoms with van der Waals surface area (Å²) in [5, 5.41) is 13.1. The van der Waals surface area contributed by atoms with Crippen molar-refractivity contribution in [2.45, 2.75) is 43.0 Å². The van der Waals surface area contributed by atoms with Crippen LogP contribution in [0, 0.1) is 0 Å². The molecular weight excluding hydrogens is 332 g/mol. The number of aliphatic hydroxyl groups is 1.